The maximum Gasteiger partial charge on any atom is 0.145 e. The lowest BCUT2D eigenvalue weighted by Crippen LogP contribution is -2.30. The molecule has 1 aliphatic heterocycles. The van der Waals surface area contributed by atoms with E-state index in [1.165, 1.54) is 10.9 Å². The quantitative estimate of drug-likeness (QED) is 0.709. The molecule has 0 saturated carbocycles. The molecule has 6 heteroatoms. The molecular formula is C20H24BN5. The van der Waals surface area contributed by atoms with E-state index in [0.717, 1.165) is 53.9 Å². The molecule has 0 atom stereocenters. The van der Waals surface area contributed by atoms with Crippen molar-refractivity contribution in [1.29, 1.82) is 0 Å². The second-order valence-electron chi connectivity index (χ2n) is 7.11. The van der Waals surface area contributed by atoms with E-state index in [2.05, 4.69) is 53.3 Å². The highest BCUT2D eigenvalue weighted by atomic mass is 15.2. The molecule has 0 radical (unpaired) electrons. The zero-order chi connectivity index (χ0) is 18.1. The van der Waals surface area contributed by atoms with Crippen LogP contribution in [0, 0.1) is 5.92 Å². The molecule has 4 rings (SSSR count). The van der Waals surface area contributed by atoms with E-state index >= 15 is 0 Å². The van der Waals surface area contributed by atoms with Gasteiger partial charge >= 0.3 is 0 Å². The molecule has 5 nitrogen and oxygen atoms in total. The summed E-state index contributed by atoms with van der Waals surface area (Å²) in [7, 11) is 4.06. The Labute approximate surface area is 154 Å². The number of hydrogen-bond acceptors (Lipinski definition) is 4. The molecule has 1 fully saturated rings. The third-order valence-corrected chi connectivity index (χ3v) is 5.29. The van der Waals surface area contributed by atoms with Crippen LogP contribution < -0.4 is 16.1 Å². The third-order valence-electron chi connectivity index (χ3n) is 5.29. The Bertz CT molecular complexity index is 956. The van der Waals surface area contributed by atoms with E-state index in [-0.39, 0.29) is 0 Å². The first-order valence-corrected chi connectivity index (χ1v) is 9.17. The van der Waals surface area contributed by atoms with E-state index < -0.39 is 0 Å². The summed E-state index contributed by atoms with van der Waals surface area (Å²) in [6, 6.07) is 6.48. The lowest BCUT2D eigenvalue weighted by atomic mass is 9.89. The van der Waals surface area contributed by atoms with Crippen LogP contribution in [0.15, 0.2) is 49.1 Å². The normalized spacial score (nSPS) is 15.3. The Morgan fingerprint density at radius 3 is 2.81 bits per heavy atom. The number of fused-ring (bicyclic) bond motifs is 1. The summed E-state index contributed by atoms with van der Waals surface area (Å²) in [5.74, 6) is 1.42. The first-order valence-electron chi connectivity index (χ1n) is 9.17. The number of aryl methyl sites for hydroxylation is 1. The molecule has 132 valence electrons. The van der Waals surface area contributed by atoms with Gasteiger partial charge in [0.1, 0.15) is 13.7 Å². The van der Waals surface area contributed by atoms with Crippen molar-refractivity contribution in [2.45, 2.75) is 12.8 Å². The van der Waals surface area contributed by atoms with Crippen LogP contribution in [0.25, 0.3) is 21.9 Å². The minimum absolute atomic E-state index is 0.509. The van der Waals surface area contributed by atoms with Crippen molar-refractivity contribution in [3.63, 3.8) is 0 Å². The first kappa shape index (κ1) is 16.9. The zero-order valence-corrected chi connectivity index (χ0v) is 15.4. The van der Waals surface area contributed by atoms with Crippen molar-refractivity contribution in [3.8, 4) is 11.1 Å². The average Bonchev–Trinajstić information content (AvgIpc) is 3.11. The summed E-state index contributed by atoms with van der Waals surface area (Å²) in [5.41, 5.74) is 4.52. The molecule has 2 N–H and O–H groups in total. The minimum atomic E-state index is 0.509. The summed E-state index contributed by atoms with van der Waals surface area (Å²) < 4.78 is 1.83. The lowest BCUT2D eigenvalue weighted by Gasteiger charge is -2.25. The number of aromatic nitrogens is 3. The Kier molecular flexibility index (Phi) is 4.51. The Balaban J connectivity index is 1.65. The molecule has 3 heterocycles. The second-order valence-corrected chi connectivity index (χ2v) is 7.11. The summed E-state index contributed by atoms with van der Waals surface area (Å²) in [6.45, 7) is 6.39. The van der Waals surface area contributed by atoms with E-state index in [1.54, 1.807) is 0 Å². The molecule has 1 aliphatic rings. The summed E-state index contributed by atoms with van der Waals surface area (Å²) in [6.07, 6.45) is 8.13. The number of allylic oxidation sites excluding steroid dienone is 1. The van der Waals surface area contributed by atoms with Crippen LogP contribution >= 0.6 is 0 Å². The van der Waals surface area contributed by atoms with Gasteiger partial charge in [-0.05, 0) is 53.8 Å². The average molecular weight is 345 g/mol. The number of pyridine rings is 1. The van der Waals surface area contributed by atoms with Gasteiger partial charge in [0.2, 0.25) is 0 Å². The summed E-state index contributed by atoms with van der Waals surface area (Å²) >= 11 is 0. The highest BCUT2D eigenvalue weighted by molar-refractivity contribution is 6.42. The van der Waals surface area contributed by atoms with Crippen molar-refractivity contribution in [1.82, 2.24) is 20.1 Å². The second kappa shape index (κ2) is 6.96. The number of anilines is 1. The van der Waals surface area contributed by atoms with Crippen LogP contribution in [-0.4, -0.2) is 35.7 Å². The molecule has 0 amide bonds. The van der Waals surface area contributed by atoms with E-state index in [4.69, 9.17) is 0 Å². The number of nitrogens with one attached hydrogen (secondary N) is 2. The fourth-order valence-corrected chi connectivity index (χ4v) is 3.65. The Morgan fingerprint density at radius 2 is 2.08 bits per heavy atom. The molecule has 0 unspecified atom stereocenters. The van der Waals surface area contributed by atoms with E-state index in [0.29, 0.717) is 5.92 Å². The number of benzene rings is 1. The topological polar surface area (TPSA) is 54.8 Å². The maximum absolute atomic E-state index is 4.64. The Hall–Kier alpha value is -2.60. The van der Waals surface area contributed by atoms with Gasteiger partial charge in [-0.2, -0.15) is 5.10 Å². The molecule has 0 spiro atoms. The van der Waals surface area contributed by atoms with Gasteiger partial charge in [-0.3, -0.25) is 4.68 Å². The molecule has 0 bridgehead atoms. The number of rotatable bonds is 4. The molecule has 1 saturated heterocycles. The first-order chi connectivity index (χ1) is 12.6. The summed E-state index contributed by atoms with van der Waals surface area (Å²) in [4.78, 5) is 4.64. The van der Waals surface area contributed by atoms with Crippen LogP contribution in [-0.2, 0) is 7.05 Å². The predicted octanol–water partition coefficient (Wildman–Crippen LogP) is 1.82. The standard InChI is InChI=1S/C20H24BN5/c1-13(14-5-7-22-8-6-14)25-20-19(21)18-9-15(3-4-16(18)10-23-20)17-11-24-26(2)12-17/h3-4,9-12,14,22H,1,5-8,21H2,2H3,(H,23,25). The molecule has 1 aromatic carbocycles. The lowest BCUT2D eigenvalue weighted by molar-refractivity contribution is 0.422. The summed E-state index contributed by atoms with van der Waals surface area (Å²) in [5, 5.41) is 13.5. The van der Waals surface area contributed by atoms with Crippen molar-refractivity contribution in [2.75, 3.05) is 18.4 Å². The van der Waals surface area contributed by atoms with Gasteiger partial charge in [0, 0.05) is 36.6 Å². The fourth-order valence-electron chi connectivity index (χ4n) is 3.65. The van der Waals surface area contributed by atoms with Gasteiger partial charge in [-0.25, -0.2) is 4.98 Å². The van der Waals surface area contributed by atoms with Crippen molar-refractivity contribution < 1.29 is 0 Å². The predicted molar refractivity (Wildman–Crippen MR) is 110 cm³/mol. The van der Waals surface area contributed by atoms with Gasteiger partial charge in [0.25, 0.3) is 0 Å². The fraction of sp³-hybridized carbons (Fsp3) is 0.300. The van der Waals surface area contributed by atoms with Crippen LogP contribution in [0.4, 0.5) is 5.82 Å². The van der Waals surface area contributed by atoms with Crippen LogP contribution in [0.3, 0.4) is 0 Å². The maximum atomic E-state index is 4.64. The van der Waals surface area contributed by atoms with Crippen LogP contribution in [0.1, 0.15) is 12.8 Å². The Morgan fingerprint density at radius 1 is 1.27 bits per heavy atom. The van der Waals surface area contributed by atoms with Gasteiger partial charge in [-0.15, -0.1) is 0 Å². The SMILES string of the molecule is Bc1c(NC(=C)C2CCNCC2)ncc2ccc(-c3cnn(C)c3)cc12. The van der Waals surface area contributed by atoms with E-state index in [1.807, 2.05) is 30.3 Å². The zero-order valence-electron chi connectivity index (χ0n) is 15.4. The van der Waals surface area contributed by atoms with Gasteiger partial charge in [0.15, 0.2) is 0 Å². The molecule has 2 aromatic heterocycles. The third kappa shape index (κ3) is 3.25. The van der Waals surface area contributed by atoms with Gasteiger partial charge < -0.3 is 10.6 Å². The highest BCUT2D eigenvalue weighted by Gasteiger charge is 2.17. The highest BCUT2D eigenvalue weighted by Crippen LogP contribution is 2.25. The van der Waals surface area contributed by atoms with Crippen molar-refractivity contribution >= 4 is 29.9 Å². The number of hydrogen-bond donors (Lipinski definition) is 2. The van der Waals surface area contributed by atoms with E-state index in [9.17, 15) is 0 Å². The van der Waals surface area contributed by atoms with Gasteiger partial charge in [0.05, 0.1) is 6.20 Å². The molecular weight excluding hydrogens is 321 g/mol. The number of nitrogens with zero attached hydrogens (tertiary/aromatic N) is 3. The smallest absolute Gasteiger partial charge is 0.145 e. The van der Waals surface area contributed by atoms with Crippen molar-refractivity contribution in [2.24, 2.45) is 13.0 Å². The van der Waals surface area contributed by atoms with Crippen molar-refractivity contribution in [3.05, 3.63) is 49.1 Å². The van der Waals surface area contributed by atoms with Crippen LogP contribution in [0.5, 0.6) is 0 Å². The molecule has 26 heavy (non-hydrogen) atoms. The largest absolute Gasteiger partial charge is 0.345 e. The minimum Gasteiger partial charge on any atom is -0.345 e. The van der Waals surface area contributed by atoms with Crippen LogP contribution in [0.2, 0.25) is 0 Å². The number of piperidine rings is 1. The van der Waals surface area contributed by atoms with Gasteiger partial charge in [-0.1, -0.05) is 18.7 Å². The monoisotopic (exact) mass is 345 g/mol. The molecule has 0 aliphatic carbocycles. The molecule has 3 aromatic rings.